The average molecular weight is 326 g/mol. The fraction of sp³-hybridized carbons (Fsp3) is 0.167. The van der Waals surface area contributed by atoms with E-state index in [1.165, 1.54) is 24.3 Å². The summed E-state index contributed by atoms with van der Waals surface area (Å²) in [6.45, 7) is 2.71. The summed E-state index contributed by atoms with van der Waals surface area (Å²) < 4.78 is 5.49. The molecule has 6 nitrogen and oxygen atoms in total. The zero-order valence-corrected chi connectivity index (χ0v) is 13.3. The summed E-state index contributed by atoms with van der Waals surface area (Å²) in [6.07, 6.45) is 3.98. The van der Waals surface area contributed by atoms with Crippen molar-refractivity contribution in [3.8, 4) is 5.75 Å². The highest BCUT2D eigenvalue weighted by Gasteiger charge is 2.06. The highest BCUT2D eigenvalue weighted by molar-refractivity contribution is 6.02. The van der Waals surface area contributed by atoms with E-state index >= 15 is 0 Å². The van der Waals surface area contributed by atoms with Crippen molar-refractivity contribution in [3.63, 3.8) is 0 Å². The Morgan fingerprint density at radius 1 is 1.25 bits per heavy atom. The Kier molecular flexibility index (Phi) is 6.08. The molecule has 0 aliphatic rings. The monoisotopic (exact) mass is 326 g/mol. The minimum absolute atomic E-state index is 0.0700. The van der Waals surface area contributed by atoms with Gasteiger partial charge in [-0.05, 0) is 36.3 Å². The van der Waals surface area contributed by atoms with Gasteiger partial charge in [-0.15, -0.1) is 0 Å². The van der Waals surface area contributed by atoms with Crippen LogP contribution in [0.5, 0.6) is 5.75 Å². The molecule has 0 heterocycles. The van der Waals surface area contributed by atoms with Gasteiger partial charge in [0, 0.05) is 23.9 Å². The highest BCUT2D eigenvalue weighted by atomic mass is 16.6. The van der Waals surface area contributed by atoms with Gasteiger partial charge in [-0.2, -0.15) is 0 Å². The highest BCUT2D eigenvalue weighted by Crippen LogP contribution is 2.17. The lowest BCUT2D eigenvalue weighted by molar-refractivity contribution is -0.384. The molecule has 0 saturated carbocycles. The Morgan fingerprint density at radius 3 is 2.67 bits per heavy atom. The number of ether oxygens (including phenoxy) is 1. The number of nitro groups is 1. The smallest absolute Gasteiger partial charge is 0.271 e. The number of nitrogens with zero attached hydrogens (tertiary/aromatic N) is 1. The number of non-ortho nitro benzene ring substituents is 1. The van der Waals surface area contributed by atoms with Crippen molar-refractivity contribution in [1.82, 2.24) is 0 Å². The zero-order chi connectivity index (χ0) is 17.4. The topological polar surface area (TPSA) is 81.5 Å². The van der Waals surface area contributed by atoms with E-state index in [1.807, 2.05) is 31.2 Å². The van der Waals surface area contributed by atoms with Crippen LogP contribution < -0.4 is 10.1 Å². The van der Waals surface area contributed by atoms with Crippen molar-refractivity contribution in [2.24, 2.45) is 0 Å². The number of rotatable bonds is 7. The predicted octanol–water partition coefficient (Wildman–Crippen LogP) is 4.04. The zero-order valence-electron chi connectivity index (χ0n) is 13.3. The summed E-state index contributed by atoms with van der Waals surface area (Å²) in [5.74, 6) is 0.428. The van der Waals surface area contributed by atoms with E-state index in [1.54, 1.807) is 12.1 Å². The van der Waals surface area contributed by atoms with Crippen LogP contribution in [0.3, 0.4) is 0 Å². The molecule has 0 aliphatic heterocycles. The molecule has 0 spiro atoms. The van der Waals surface area contributed by atoms with E-state index in [9.17, 15) is 14.9 Å². The molecule has 0 fully saturated rings. The first kappa shape index (κ1) is 17.2. The Morgan fingerprint density at radius 2 is 2.00 bits per heavy atom. The van der Waals surface area contributed by atoms with Crippen LogP contribution in [0, 0.1) is 10.1 Å². The first-order valence-electron chi connectivity index (χ1n) is 7.55. The Balaban J connectivity index is 1.95. The van der Waals surface area contributed by atoms with Crippen LogP contribution in [0.15, 0.2) is 54.6 Å². The van der Waals surface area contributed by atoms with Crippen LogP contribution in [-0.4, -0.2) is 17.4 Å². The lowest BCUT2D eigenvalue weighted by Crippen LogP contribution is -2.07. The van der Waals surface area contributed by atoms with E-state index in [0.29, 0.717) is 12.3 Å². The van der Waals surface area contributed by atoms with Crippen molar-refractivity contribution in [2.45, 2.75) is 13.3 Å². The van der Waals surface area contributed by atoms with Gasteiger partial charge in [0.05, 0.1) is 11.5 Å². The van der Waals surface area contributed by atoms with Crippen LogP contribution in [0.2, 0.25) is 0 Å². The van der Waals surface area contributed by atoms with Crippen molar-refractivity contribution < 1.29 is 14.5 Å². The SMILES string of the molecule is CCCOc1ccc(/C=C/C(=O)Nc2cccc([N+](=O)[O-])c2)cc1. The second-order valence-corrected chi connectivity index (χ2v) is 5.05. The molecule has 0 bridgehead atoms. The Bertz CT molecular complexity index is 739. The summed E-state index contributed by atoms with van der Waals surface area (Å²) >= 11 is 0. The maximum Gasteiger partial charge on any atom is 0.271 e. The quantitative estimate of drug-likeness (QED) is 0.473. The van der Waals surface area contributed by atoms with Crippen LogP contribution >= 0.6 is 0 Å². The molecule has 6 heteroatoms. The number of amides is 1. The molecule has 0 saturated heterocycles. The van der Waals surface area contributed by atoms with Crippen molar-refractivity contribution in [3.05, 3.63) is 70.3 Å². The van der Waals surface area contributed by atoms with Gasteiger partial charge in [0.2, 0.25) is 5.91 Å². The van der Waals surface area contributed by atoms with Gasteiger partial charge in [0.15, 0.2) is 0 Å². The minimum Gasteiger partial charge on any atom is -0.494 e. The van der Waals surface area contributed by atoms with Gasteiger partial charge >= 0.3 is 0 Å². The van der Waals surface area contributed by atoms with Crippen LogP contribution in [0.1, 0.15) is 18.9 Å². The number of hydrogen-bond donors (Lipinski definition) is 1. The number of carbonyl (C=O) groups excluding carboxylic acids is 1. The summed E-state index contributed by atoms with van der Waals surface area (Å²) in [5.41, 5.74) is 1.16. The number of nitro benzene ring substituents is 1. The number of hydrogen-bond acceptors (Lipinski definition) is 4. The molecule has 0 unspecified atom stereocenters. The van der Waals surface area contributed by atoms with Gasteiger partial charge < -0.3 is 10.1 Å². The summed E-state index contributed by atoms with van der Waals surface area (Å²) in [7, 11) is 0. The van der Waals surface area contributed by atoms with E-state index in [0.717, 1.165) is 17.7 Å². The number of anilines is 1. The maximum absolute atomic E-state index is 11.9. The van der Waals surface area contributed by atoms with Gasteiger partial charge in [-0.1, -0.05) is 25.1 Å². The molecule has 0 radical (unpaired) electrons. The average Bonchev–Trinajstić information content (AvgIpc) is 2.59. The molecular weight excluding hydrogens is 308 g/mol. The number of benzene rings is 2. The predicted molar refractivity (Wildman–Crippen MR) is 93.0 cm³/mol. The molecule has 2 aromatic carbocycles. The fourth-order valence-electron chi connectivity index (χ4n) is 1.95. The van der Waals surface area contributed by atoms with Crippen LogP contribution in [-0.2, 0) is 4.79 Å². The van der Waals surface area contributed by atoms with Gasteiger partial charge in [0.25, 0.3) is 5.69 Å². The summed E-state index contributed by atoms with van der Waals surface area (Å²) in [5, 5.41) is 13.3. The van der Waals surface area contributed by atoms with E-state index < -0.39 is 4.92 Å². The lowest BCUT2D eigenvalue weighted by Gasteiger charge is -2.04. The van der Waals surface area contributed by atoms with Crippen molar-refractivity contribution in [2.75, 3.05) is 11.9 Å². The third-order valence-corrected chi connectivity index (χ3v) is 3.10. The lowest BCUT2D eigenvalue weighted by atomic mass is 10.2. The summed E-state index contributed by atoms with van der Waals surface area (Å²) in [4.78, 5) is 22.1. The fourth-order valence-corrected chi connectivity index (χ4v) is 1.95. The van der Waals surface area contributed by atoms with Crippen LogP contribution in [0.4, 0.5) is 11.4 Å². The molecule has 24 heavy (non-hydrogen) atoms. The molecule has 2 rings (SSSR count). The molecule has 124 valence electrons. The molecule has 2 aromatic rings. The van der Waals surface area contributed by atoms with E-state index in [2.05, 4.69) is 5.32 Å². The van der Waals surface area contributed by atoms with Crippen molar-refractivity contribution in [1.29, 1.82) is 0 Å². The van der Waals surface area contributed by atoms with E-state index in [4.69, 9.17) is 4.74 Å². The molecule has 0 atom stereocenters. The molecular formula is C18H18N2O4. The summed E-state index contributed by atoms with van der Waals surface area (Å²) in [6, 6.07) is 13.2. The standard InChI is InChI=1S/C18H18N2O4/c1-2-12-24-17-9-6-14(7-10-17)8-11-18(21)19-15-4-3-5-16(13-15)20(22)23/h3-11,13H,2,12H2,1H3,(H,19,21)/b11-8+. The first-order valence-corrected chi connectivity index (χ1v) is 7.55. The third kappa shape index (κ3) is 5.24. The normalized spacial score (nSPS) is 10.5. The number of carbonyl (C=O) groups is 1. The second kappa shape index (κ2) is 8.47. The third-order valence-electron chi connectivity index (χ3n) is 3.10. The van der Waals surface area contributed by atoms with Gasteiger partial charge in [0.1, 0.15) is 5.75 Å². The molecule has 1 amide bonds. The Labute approximate surface area is 139 Å². The molecule has 1 N–H and O–H groups in total. The van der Waals surface area contributed by atoms with Crippen molar-refractivity contribution >= 4 is 23.4 Å². The second-order valence-electron chi connectivity index (χ2n) is 5.05. The number of nitrogens with one attached hydrogen (secondary N) is 1. The van der Waals surface area contributed by atoms with Gasteiger partial charge in [-0.25, -0.2) is 0 Å². The van der Waals surface area contributed by atoms with Crippen LogP contribution in [0.25, 0.3) is 6.08 Å². The molecule has 0 aromatic heterocycles. The Hall–Kier alpha value is -3.15. The largest absolute Gasteiger partial charge is 0.494 e. The minimum atomic E-state index is -0.506. The first-order chi connectivity index (χ1) is 11.6. The maximum atomic E-state index is 11.9. The molecule has 0 aliphatic carbocycles. The van der Waals surface area contributed by atoms with Gasteiger partial charge in [-0.3, -0.25) is 14.9 Å². The van der Waals surface area contributed by atoms with E-state index in [-0.39, 0.29) is 11.6 Å².